The summed E-state index contributed by atoms with van der Waals surface area (Å²) in [5.74, 6) is -1.73. The molecule has 0 aliphatic carbocycles. The van der Waals surface area contributed by atoms with Crippen LogP contribution in [0, 0.1) is 0 Å². The Kier molecular flexibility index (Phi) is 8.90. The summed E-state index contributed by atoms with van der Waals surface area (Å²) >= 11 is 0. The predicted octanol–water partition coefficient (Wildman–Crippen LogP) is -3.50. The fourth-order valence-electron chi connectivity index (χ4n) is 0.668. The van der Waals surface area contributed by atoms with E-state index in [-0.39, 0.29) is 27.7 Å². The Balaban J connectivity index is 0. The van der Waals surface area contributed by atoms with Crippen LogP contribution < -0.4 is 0 Å². The quantitative estimate of drug-likeness (QED) is 0.265. The molecule has 0 aliphatic heterocycles. The van der Waals surface area contributed by atoms with E-state index in [4.69, 9.17) is 30.6 Å². The number of carbonyl (C=O) groups is 1. The van der Waals surface area contributed by atoms with Crippen LogP contribution in [0.2, 0.25) is 0 Å². The molecular formula is C6H12HgO7. The van der Waals surface area contributed by atoms with Gasteiger partial charge >= 0.3 is 5.97 Å². The zero-order valence-electron chi connectivity index (χ0n) is 7.32. The summed E-state index contributed by atoms with van der Waals surface area (Å²) in [5, 5.41) is 51.8. The molecule has 0 rings (SSSR count). The number of carboxylic acid groups (broad SMARTS) is 1. The number of aliphatic hydroxyl groups excluding tert-OH is 5. The molecule has 4 atom stereocenters. The van der Waals surface area contributed by atoms with Crippen LogP contribution in [0.15, 0.2) is 0 Å². The molecule has 0 radical (unpaired) electrons. The van der Waals surface area contributed by atoms with E-state index in [1.807, 2.05) is 0 Å². The molecular weight excluding hydrogens is 385 g/mol. The Bertz CT molecular complexity index is 176. The molecule has 0 spiro atoms. The number of hydrogen-bond acceptors (Lipinski definition) is 6. The largest absolute Gasteiger partial charge is 0.479 e. The minimum atomic E-state index is -2.20. The van der Waals surface area contributed by atoms with Gasteiger partial charge in [0.15, 0.2) is 6.10 Å². The normalized spacial score (nSPS) is 18.9. The molecule has 6 N–H and O–H groups in total. The first-order chi connectivity index (χ1) is 5.91. The molecule has 0 aromatic carbocycles. The van der Waals surface area contributed by atoms with Crippen molar-refractivity contribution in [1.29, 1.82) is 0 Å². The van der Waals surface area contributed by atoms with E-state index in [2.05, 4.69) is 0 Å². The van der Waals surface area contributed by atoms with Crippen molar-refractivity contribution in [2.75, 3.05) is 6.61 Å². The van der Waals surface area contributed by atoms with E-state index < -0.39 is 37.0 Å². The summed E-state index contributed by atoms with van der Waals surface area (Å²) in [7, 11) is 0. The Morgan fingerprint density at radius 1 is 1.07 bits per heavy atom. The fourth-order valence-corrected chi connectivity index (χ4v) is 0.668. The van der Waals surface area contributed by atoms with Gasteiger partial charge in [0.25, 0.3) is 0 Å². The SMILES string of the molecule is O=C(O)C(O)C(O)C(O)C(O)CO.[Hg]. The first-order valence-corrected chi connectivity index (χ1v) is 3.47. The maximum atomic E-state index is 10.1. The van der Waals surface area contributed by atoms with Gasteiger partial charge in [0, 0.05) is 27.7 Å². The van der Waals surface area contributed by atoms with Crippen LogP contribution in [0.3, 0.4) is 0 Å². The zero-order valence-corrected chi connectivity index (χ0v) is 12.8. The maximum Gasteiger partial charge on any atom is 0.335 e. The predicted molar refractivity (Wildman–Crippen MR) is 38.7 cm³/mol. The minimum Gasteiger partial charge on any atom is -0.479 e. The Labute approximate surface area is 100 Å². The van der Waals surface area contributed by atoms with E-state index >= 15 is 0 Å². The Hall–Kier alpha value is 0.205. The van der Waals surface area contributed by atoms with E-state index in [0.717, 1.165) is 0 Å². The molecule has 7 nitrogen and oxygen atoms in total. The van der Waals surface area contributed by atoms with Gasteiger partial charge in [0.2, 0.25) is 0 Å². The van der Waals surface area contributed by atoms with Crippen molar-refractivity contribution < 1.29 is 63.1 Å². The van der Waals surface area contributed by atoms with Gasteiger partial charge in [-0.1, -0.05) is 0 Å². The van der Waals surface area contributed by atoms with Crippen molar-refractivity contribution in [3.8, 4) is 0 Å². The van der Waals surface area contributed by atoms with Crippen molar-refractivity contribution in [1.82, 2.24) is 0 Å². The summed E-state index contributed by atoms with van der Waals surface area (Å²) in [6.07, 6.45) is -7.84. The monoisotopic (exact) mass is 398 g/mol. The molecule has 0 saturated heterocycles. The van der Waals surface area contributed by atoms with Crippen LogP contribution in [0.4, 0.5) is 0 Å². The van der Waals surface area contributed by atoms with E-state index in [0.29, 0.717) is 0 Å². The van der Waals surface area contributed by atoms with E-state index in [9.17, 15) is 4.79 Å². The van der Waals surface area contributed by atoms with Gasteiger partial charge in [-0.3, -0.25) is 0 Å². The average molecular weight is 397 g/mol. The minimum absolute atomic E-state index is 0. The van der Waals surface area contributed by atoms with Crippen LogP contribution in [0.5, 0.6) is 0 Å². The van der Waals surface area contributed by atoms with Gasteiger partial charge in [-0.25, -0.2) is 4.79 Å². The maximum absolute atomic E-state index is 10.1. The molecule has 0 fully saturated rings. The van der Waals surface area contributed by atoms with E-state index in [1.54, 1.807) is 0 Å². The van der Waals surface area contributed by atoms with E-state index in [1.165, 1.54) is 0 Å². The van der Waals surface area contributed by atoms with Gasteiger partial charge < -0.3 is 30.6 Å². The summed E-state index contributed by atoms with van der Waals surface area (Å²) in [4.78, 5) is 10.1. The summed E-state index contributed by atoms with van der Waals surface area (Å²) in [5.41, 5.74) is 0. The van der Waals surface area contributed by atoms with Crippen molar-refractivity contribution in [2.24, 2.45) is 0 Å². The van der Waals surface area contributed by atoms with Crippen LogP contribution in [0.1, 0.15) is 0 Å². The van der Waals surface area contributed by atoms with Crippen molar-refractivity contribution >= 4 is 5.97 Å². The standard InChI is InChI=1S/C6H12O7.Hg/c7-1-2(8)3(9)4(10)5(11)6(12)13;/h2-5,7-11H,1H2,(H,12,13);. The van der Waals surface area contributed by atoms with Crippen LogP contribution in [0.25, 0.3) is 0 Å². The van der Waals surface area contributed by atoms with Gasteiger partial charge in [0.1, 0.15) is 18.3 Å². The third-order valence-corrected chi connectivity index (χ3v) is 1.51. The summed E-state index contributed by atoms with van der Waals surface area (Å²) in [6.45, 7) is -0.843. The number of hydrogen-bond donors (Lipinski definition) is 6. The molecule has 0 aromatic heterocycles. The molecule has 0 saturated carbocycles. The second-order valence-corrected chi connectivity index (χ2v) is 2.51. The first kappa shape index (κ1) is 16.6. The number of rotatable bonds is 5. The molecule has 0 amide bonds. The molecule has 0 aliphatic rings. The molecule has 0 heterocycles. The Morgan fingerprint density at radius 2 is 1.50 bits per heavy atom. The molecule has 8 heteroatoms. The second-order valence-electron chi connectivity index (χ2n) is 2.51. The van der Waals surface area contributed by atoms with Gasteiger partial charge in [-0.2, -0.15) is 0 Å². The molecule has 4 unspecified atom stereocenters. The topological polar surface area (TPSA) is 138 Å². The smallest absolute Gasteiger partial charge is 0.335 e. The van der Waals surface area contributed by atoms with Gasteiger partial charge in [-0.05, 0) is 0 Å². The van der Waals surface area contributed by atoms with Gasteiger partial charge in [-0.15, -0.1) is 0 Å². The number of aliphatic carboxylic acids is 1. The third kappa shape index (κ3) is 4.62. The van der Waals surface area contributed by atoms with Crippen molar-refractivity contribution in [2.45, 2.75) is 24.4 Å². The fraction of sp³-hybridized carbons (Fsp3) is 0.833. The third-order valence-electron chi connectivity index (χ3n) is 1.51. The number of carboxylic acids is 1. The Morgan fingerprint density at radius 3 is 1.79 bits per heavy atom. The first-order valence-electron chi connectivity index (χ1n) is 3.47. The second kappa shape index (κ2) is 7.49. The zero-order chi connectivity index (χ0) is 10.6. The van der Waals surface area contributed by atoms with Gasteiger partial charge in [0.05, 0.1) is 6.61 Å². The molecule has 80 valence electrons. The van der Waals surface area contributed by atoms with Crippen molar-refractivity contribution in [3.63, 3.8) is 0 Å². The number of aliphatic hydroxyl groups is 5. The molecule has 14 heavy (non-hydrogen) atoms. The van der Waals surface area contributed by atoms with Crippen LogP contribution in [-0.4, -0.2) is 67.6 Å². The van der Waals surface area contributed by atoms with Crippen LogP contribution in [-0.2, 0) is 32.5 Å². The van der Waals surface area contributed by atoms with Crippen LogP contribution >= 0.6 is 0 Å². The average Bonchev–Trinajstić information content (AvgIpc) is 2.12. The molecule has 0 aromatic rings. The summed E-state index contributed by atoms with van der Waals surface area (Å²) < 4.78 is 0. The molecule has 0 bridgehead atoms. The van der Waals surface area contributed by atoms with Crippen molar-refractivity contribution in [3.05, 3.63) is 0 Å². The summed E-state index contributed by atoms with van der Waals surface area (Å²) in [6, 6.07) is 0.